The van der Waals surface area contributed by atoms with Crippen molar-refractivity contribution in [3.63, 3.8) is 0 Å². The van der Waals surface area contributed by atoms with Gasteiger partial charge in [-0.1, -0.05) is 39.0 Å². The van der Waals surface area contributed by atoms with E-state index < -0.39 is 0 Å². The van der Waals surface area contributed by atoms with Crippen molar-refractivity contribution in [3.05, 3.63) is 59.4 Å². The molecular weight excluding hydrogens is 326 g/mol. The first-order valence-corrected chi connectivity index (χ1v) is 8.67. The molecule has 2 aromatic rings. The minimum atomic E-state index is -0.353. The third kappa shape index (κ3) is 5.15. The van der Waals surface area contributed by atoms with Gasteiger partial charge in [-0.2, -0.15) is 0 Å². The molecule has 5 nitrogen and oxygen atoms in total. The van der Waals surface area contributed by atoms with E-state index in [0.29, 0.717) is 5.56 Å². The first-order valence-electron chi connectivity index (χ1n) is 8.67. The van der Waals surface area contributed by atoms with Crippen LogP contribution in [0.3, 0.4) is 0 Å². The van der Waals surface area contributed by atoms with Crippen LogP contribution in [0.1, 0.15) is 68.0 Å². The summed E-state index contributed by atoms with van der Waals surface area (Å²) in [5, 5.41) is 5.80. The molecule has 26 heavy (non-hydrogen) atoms. The van der Waals surface area contributed by atoms with Crippen molar-refractivity contribution < 1.29 is 9.59 Å². The van der Waals surface area contributed by atoms with Gasteiger partial charge in [-0.15, -0.1) is 0 Å². The molecular formula is C21H27N3O2. The van der Waals surface area contributed by atoms with Gasteiger partial charge in [-0.05, 0) is 49.9 Å². The lowest BCUT2D eigenvalue weighted by molar-refractivity contribution is 0.0919. The molecule has 1 heterocycles. The molecule has 0 aliphatic carbocycles. The molecule has 1 aromatic carbocycles. The maximum absolute atomic E-state index is 12.6. The zero-order valence-corrected chi connectivity index (χ0v) is 16.3. The van der Waals surface area contributed by atoms with Crippen LogP contribution >= 0.6 is 0 Å². The van der Waals surface area contributed by atoms with Gasteiger partial charge in [0.05, 0.1) is 0 Å². The van der Waals surface area contributed by atoms with Crippen LogP contribution in [0, 0.1) is 0 Å². The van der Waals surface area contributed by atoms with Gasteiger partial charge < -0.3 is 10.6 Å². The quantitative estimate of drug-likeness (QED) is 0.870. The SMILES string of the molecule is CC(C)(C)NC(=O)c1ccnc(C(=O)Nc2ccccc2C(C)(C)C)c1. The number of carbonyl (C=O) groups is 2. The predicted molar refractivity (Wildman–Crippen MR) is 105 cm³/mol. The maximum atomic E-state index is 12.6. The normalized spacial score (nSPS) is 11.8. The van der Waals surface area contributed by atoms with Crippen molar-refractivity contribution in [3.8, 4) is 0 Å². The van der Waals surface area contributed by atoms with E-state index in [0.717, 1.165) is 11.3 Å². The van der Waals surface area contributed by atoms with Gasteiger partial charge in [0, 0.05) is 23.0 Å². The highest BCUT2D eigenvalue weighted by atomic mass is 16.2. The lowest BCUT2D eigenvalue weighted by atomic mass is 9.86. The molecule has 0 unspecified atom stereocenters. The number of nitrogens with one attached hydrogen (secondary N) is 2. The Bertz CT molecular complexity index is 814. The standard InChI is InChI=1S/C21H27N3O2/c1-20(2,3)15-9-7-8-10-16(15)23-19(26)17-13-14(11-12-22-17)18(25)24-21(4,5)6/h7-13H,1-6H3,(H,23,26)(H,24,25). The van der Waals surface area contributed by atoms with Crippen LogP contribution in [0.25, 0.3) is 0 Å². The molecule has 0 bridgehead atoms. The van der Waals surface area contributed by atoms with Gasteiger partial charge in [-0.25, -0.2) is 0 Å². The average molecular weight is 353 g/mol. The number of para-hydroxylation sites is 1. The highest BCUT2D eigenvalue weighted by molar-refractivity contribution is 6.05. The molecule has 138 valence electrons. The summed E-state index contributed by atoms with van der Waals surface area (Å²) in [4.78, 5) is 29.1. The summed E-state index contributed by atoms with van der Waals surface area (Å²) in [7, 11) is 0. The second kappa shape index (κ2) is 7.28. The third-order valence-electron chi connectivity index (χ3n) is 3.73. The Hall–Kier alpha value is -2.69. The largest absolute Gasteiger partial charge is 0.347 e. The summed E-state index contributed by atoms with van der Waals surface area (Å²) in [6.45, 7) is 12.0. The van der Waals surface area contributed by atoms with E-state index in [2.05, 4.69) is 36.4 Å². The van der Waals surface area contributed by atoms with Gasteiger partial charge in [-0.3, -0.25) is 14.6 Å². The smallest absolute Gasteiger partial charge is 0.274 e. The van der Waals surface area contributed by atoms with E-state index in [1.54, 1.807) is 6.07 Å². The molecule has 0 aliphatic rings. The lowest BCUT2D eigenvalue weighted by Crippen LogP contribution is -2.40. The number of carbonyl (C=O) groups excluding carboxylic acids is 2. The fourth-order valence-electron chi connectivity index (χ4n) is 2.54. The Kier molecular flexibility index (Phi) is 5.50. The zero-order chi connectivity index (χ0) is 19.5. The minimum Gasteiger partial charge on any atom is -0.347 e. The molecule has 0 radical (unpaired) electrons. The van der Waals surface area contributed by atoms with Crippen molar-refractivity contribution in [1.82, 2.24) is 10.3 Å². The molecule has 5 heteroatoms. The van der Waals surface area contributed by atoms with Crippen LogP contribution in [0.2, 0.25) is 0 Å². The van der Waals surface area contributed by atoms with Crippen molar-refractivity contribution in [2.75, 3.05) is 5.32 Å². The van der Waals surface area contributed by atoms with Crippen molar-refractivity contribution in [1.29, 1.82) is 0 Å². The molecule has 2 N–H and O–H groups in total. The highest BCUT2D eigenvalue weighted by Gasteiger charge is 2.20. The Morgan fingerprint density at radius 1 is 0.923 bits per heavy atom. The molecule has 0 saturated heterocycles. The second-order valence-electron chi connectivity index (χ2n) is 8.38. The van der Waals surface area contributed by atoms with Crippen LogP contribution in [-0.4, -0.2) is 22.3 Å². The average Bonchev–Trinajstić information content (AvgIpc) is 2.53. The molecule has 0 spiro atoms. The van der Waals surface area contributed by atoms with Crippen molar-refractivity contribution in [2.45, 2.75) is 52.5 Å². The summed E-state index contributed by atoms with van der Waals surface area (Å²) >= 11 is 0. The number of nitrogens with zero attached hydrogens (tertiary/aromatic N) is 1. The Morgan fingerprint density at radius 2 is 1.58 bits per heavy atom. The molecule has 0 aliphatic heterocycles. The summed E-state index contributed by atoms with van der Waals surface area (Å²) in [5.41, 5.74) is 1.94. The molecule has 0 fully saturated rings. The van der Waals surface area contributed by atoms with Gasteiger partial charge in [0.15, 0.2) is 0 Å². The molecule has 1 aromatic heterocycles. The van der Waals surface area contributed by atoms with E-state index in [1.807, 2.05) is 45.0 Å². The van der Waals surface area contributed by atoms with E-state index in [9.17, 15) is 9.59 Å². The fraction of sp³-hybridized carbons (Fsp3) is 0.381. The summed E-state index contributed by atoms with van der Waals surface area (Å²) in [6.07, 6.45) is 1.47. The molecule has 2 rings (SSSR count). The zero-order valence-electron chi connectivity index (χ0n) is 16.3. The van der Waals surface area contributed by atoms with E-state index >= 15 is 0 Å². The fourth-order valence-corrected chi connectivity index (χ4v) is 2.54. The van der Waals surface area contributed by atoms with E-state index in [1.165, 1.54) is 12.3 Å². The summed E-state index contributed by atoms with van der Waals surface area (Å²) < 4.78 is 0. The van der Waals surface area contributed by atoms with Gasteiger partial charge in [0.25, 0.3) is 11.8 Å². The number of aromatic nitrogens is 1. The van der Waals surface area contributed by atoms with Crippen molar-refractivity contribution >= 4 is 17.5 Å². The number of benzene rings is 1. The van der Waals surface area contributed by atoms with E-state index in [4.69, 9.17) is 0 Å². The first-order chi connectivity index (χ1) is 12.0. The molecule has 0 atom stereocenters. The van der Waals surface area contributed by atoms with Crippen LogP contribution in [-0.2, 0) is 5.41 Å². The van der Waals surface area contributed by atoms with Crippen LogP contribution < -0.4 is 10.6 Å². The summed E-state index contributed by atoms with van der Waals surface area (Å²) in [5.74, 6) is -0.573. The topological polar surface area (TPSA) is 71.1 Å². The van der Waals surface area contributed by atoms with Crippen molar-refractivity contribution in [2.24, 2.45) is 0 Å². The number of pyridine rings is 1. The number of rotatable bonds is 3. The monoisotopic (exact) mass is 353 g/mol. The number of amides is 2. The Morgan fingerprint density at radius 3 is 2.19 bits per heavy atom. The predicted octanol–water partition coefficient (Wildman–Crippen LogP) is 4.16. The minimum absolute atomic E-state index is 0.105. The number of anilines is 1. The van der Waals surface area contributed by atoms with Crippen LogP contribution in [0.15, 0.2) is 42.6 Å². The third-order valence-corrected chi connectivity index (χ3v) is 3.73. The second-order valence-corrected chi connectivity index (χ2v) is 8.38. The molecule has 0 saturated carbocycles. The Labute approximate surface area is 155 Å². The van der Waals surface area contributed by atoms with Gasteiger partial charge >= 0.3 is 0 Å². The van der Waals surface area contributed by atoms with Crippen LogP contribution in [0.5, 0.6) is 0 Å². The molecule has 2 amide bonds. The summed E-state index contributed by atoms with van der Waals surface area (Å²) in [6, 6.07) is 10.8. The van der Waals surface area contributed by atoms with Crippen LogP contribution in [0.4, 0.5) is 5.69 Å². The number of hydrogen-bond acceptors (Lipinski definition) is 3. The maximum Gasteiger partial charge on any atom is 0.274 e. The van der Waals surface area contributed by atoms with Gasteiger partial charge in [0.2, 0.25) is 0 Å². The Balaban J connectivity index is 2.24. The van der Waals surface area contributed by atoms with E-state index in [-0.39, 0.29) is 28.5 Å². The van der Waals surface area contributed by atoms with Gasteiger partial charge in [0.1, 0.15) is 5.69 Å². The highest BCUT2D eigenvalue weighted by Crippen LogP contribution is 2.29. The lowest BCUT2D eigenvalue weighted by Gasteiger charge is -2.23. The number of hydrogen-bond donors (Lipinski definition) is 2. The first kappa shape index (κ1) is 19.6.